The van der Waals surface area contributed by atoms with Crippen LogP contribution in [0, 0.1) is 5.92 Å². The van der Waals surface area contributed by atoms with Gasteiger partial charge in [-0.25, -0.2) is 0 Å². The molecule has 2 aliphatic rings. The first kappa shape index (κ1) is 41.5. The summed E-state index contributed by atoms with van der Waals surface area (Å²) in [5, 5.41) is 19.8. The zero-order chi connectivity index (χ0) is 36.8. The number of tetrazole rings is 1. The van der Waals surface area contributed by atoms with Gasteiger partial charge in [-0.05, 0) is 96.0 Å². The molecule has 8 rings (SSSR count). The highest BCUT2D eigenvalue weighted by molar-refractivity contribution is 6.37. The number of nitrogens with zero attached hydrogens (tertiary/aromatic N) is 5. The molecule has 284 valence electrons. The van der Waals surface area contributed by atoms with Gasteiger partial charge in [-0.15, -0.1) is 12.4 Å². The Morgan fingerprint density at radius 1 is 0.873 bits per heavy atom. The molecule has 55 heavy (non-hydrogen) atoms. The van der Waals surface area contributed by atoms with Crippen LogP contribution < -0.4 is 21.9 Å². The van der Waals surface area contributed by atoms with Crippen molar-refractivity contribution in [2.24, 2.45) is 5.92 Å². The lowest BCUT2D eigenvalue weighted by molar-refractivity contribution is -0.734. The van der Waals surface area contributed by atoms with Crippen molar-refractivity contribution in [2.75, 3.05) is 26.2 Å². The topological polar surface area (TPSA) is 84.4 Å². The fourth-order valence-electron chi connectivity index (χ4n) is 6.83. The fourth-order valence-corrected chi connectivity index (χ4v) is 7.35. The number of fused-ring (bicyclic) bond motifs is 2. The van der Waals surface area contributed by atoms with Gasteiger partial charge in [0.2, 0.25) is 0 Å². The van der Waals surface area contributed by atoms with Crippen molar-refractivity contribution in [1.29, 1.82) is 0 Å². The number of para-hydroxylation sites is 2. The Morgan fingerprint density at radius 2 is 1.49 bits per heavy atom. The number of hydrogen-bond acceptors (Lipinski definition) is 5. The van der Waals surface area contributed by atoms with E-state index in [2.05, 4.69) is 23.1 Å². The van der Waals surface area contributed by atoms with Crippen LogP contribution >= 0.6 is 35.6 Å². The van der Waals surface area contributed by atoms with Gasteiger partial charge in [-0.3, -0.25) is 4.79 Å². The van der Waals surface area contributed by atoms with Crippen molar-refractivity contribution in [1.82, 2.24) is 19.9 Å². The lowest BCUT2D eigenvalue weighted by atomic mass is 9.74. The molecule has 0 amide bonds. The molecule has 1 unspecified atom stereocenters. The van der Waals surface area contributed by atoms with Gasteiger partial charge in [0.1, 0.15) is 11.4 Å². The number of ether oxygens (including phenoxy) is 1. The third-order valence-electron chi connectivity index (χ3n) is 9.85. The first-order chi connectivity index (χ1) is 25.8. The number of aromatic nitrogens is 4. The molecule has 0 aliphatic carbocycles. The smallest absolute Gasteiger partial charge is 0.340 e. The number of carboxylic acids is 1. The zero-order valence-corrected chi connectivity index (χ0v) is 33.2. The van der Waals surface area contributed by atoms with E-state index in [4.69, 9.17) is 43.2 Å². The molecule has 5 aromatic carbocycles. The fraction of sp³-hybridized carbons (Fsp3) is 0.209. The molecule has 3 heterocycles. The van der Waals surface area contributed by atoms with E-state index < -0.39 is 5.97 Å². The van der Waals surface area contributed by atoms with Crippen LogP contribution in [0.2, 0.25) is 10.0 Å². The summed E-state index contributed by atoms with van der Waals surface area (Å²) in [6.07, 6.45) is 5.89. The number of benzene rings is 5. The molecule has 6 aromatic rings. The lowest BCUT2D eigenvalue weighted by Gasteiger charge is -2.39. The van der Waals surface area contributed by atoms with Crippen LogP contribution in [0.4, 0.5) is 0 Å². The molecule has 1 fully saturated rings. The molecule has 1 aromatic heterocycles. The number of halogens is 4. The van der Waals surface area contributed by atoms with Gasteiger partial charge in [0.05, 0.1) is 23.2 Å². The van der Waals surface area contributed by atoms with E-state index in [0.29, 0.717) is 29.0 Å². The predicted molar refractivity (Wildman–Crippen MR) is 217 cm³/mol. The van der Waals surface area contributed by atoms with E-state index in [1.54, 1.807) is 6.92 Å². The summed E-state index contributed by atoms with van der Waals surface area (Å²) in [6, 6.07) is 41.9. The first-order valence-electron chi connectivity index (χ1n) is 17.7. The minimum Gasteiger partial charge on any atom is -1.00 e. The second-order valence-corrected chi connectivity index (χ2v) is 14.3. The maximum atomic E-state index is 11.1. The molecule has 12 heteroatoms. The molecule has 1 N–H and O–H groups in total. The van der Waals surface area contributed by atoms with Gasteiger partial charge < -0.3 is 27.2 Å². The highest BCUT2D eigenvalue weighted by atomic mass is 35.5. The van der Waals surface area contributed by atoms with Crippen molar-refractivity contribution in [2.45, 2.75) is 25.2 Å². The number of aliphatic carboxylic acids is 1. The molecule has 0 radical (unpaired) electrons. The average Bonchev–Trinajstić information content (AvgIpc) is 3.79. The van der Waals surface area contributed by atoms with Crippen molar-refractivity contribution < 1.29 is 31.8 Å². The van der Waals surface area contributed by atoms with Crippen molar-refractivity contribution in [3.63, 3.8) is 0 Å². The second-order valence-electron chi connectivity index (χ2n) is 13.5. The van der Waals surface area contributed by atoms with Crippen LogP contribution in [0.1, 0.15) is 36.5 Å². The molecule has 1 saturated heterocycles. The van der Waals surface area contributed by atoms with Crippen LogP contribution in [-0.2, 0) is 10.2 Å². The average molecular weight is 818 g/mol. The molecule has 1 atom stereocenters. The molecule has 2 aliphatic heterocycles. The van der Waals surface area contributed by atoms with Crippen LogP contribution in [0.3, 0.4) is 0 Å². The van der Waals surface area contributed by atoms with Gasteiger partial charge in [0, 0.05) is 37.9 Å². The molecule has 0 saturated carbocycles. The summed E-state index contributed by atoms with van der Waals surface area (Å²) >= 11 is 12.5. The Bertz CT molecular complexity index is 2130. The zero-order valence-electron chi connectivity index (χ0n) is 30.1. The first-order valence-corrected chi connectivity index (χ1v) is 18.5. The van der Waals surface area contributed by atoms with Gasteiger partial charge in [-0.1, -0.05) is 115 Å². The normalized spacial score (nSPS) is 14.8. The number of likely N-dealkylation sites (tertiary alicyclic amines) is 1. The maximum Gasteiger partial charge on any atom is 0.340 e. The number of rotatable bonds is 8. The van der Waals surface area contributed by atoms with E-state index in [0.717, 1.165) is 59.7 Å². The molecular formula is C43H41Cl4N5O3. The Morgan fingerprint density at radius 3 is 2.13 bits per heavy atom. The number of carbonyl (C=O) groups is 1. The summed E-state index contributed by atoms with van der Waals surface area (Å²) in [5.74, 6) is 0.559. The van der Waals surface area contributed by atoms with E-state index in [1.807, 2.05) is 131 Å². The lowest BCUT2D eigenvalue weighted by Crippen LogP contribution is -3.00. The van der Waals surface area contributed by atoms with Gasteiger partial charge >= 0.3 is 11.8 Å². The van der Waals surface area contributed by atoms with Crippen LogP contribution in [0.5, 0.6) is 5.75 Å². The largest absolute Gasteiger partial charge is 1.00 e. The Labute approximate surface area is 343 Å². The molecule has 0 bridgehead atoms. The summed E-state index contributed by atoms with van der Waals surface area (Å²) < 4.78 is 6.09. The van der Waals surface area contributed by atoms with Crippen LogP contribution in [-0.4, -0.2) is 57.2 Å². The third-order valence-corrected chi connectivity index (χ3v) is 10.5. The standard InChI is InChI=1S/C24H25Cl2NO3.C19H15N4.2ClH/c1-16(23(28)29)14-27-11-9-24(10-12-27)15-30-22-13-17(6-8-19(22)24)5-7-18-20(25)3-2-4-21(18)26;1-4-10-16(11-5-1)19-20-22(17-12-6-2-7-13-17)23(21-19)18-14-8-3-9-15-18;;/h2-8,13,16H,9-12,14-15H2,1H3,(H,28,29);1-15H;2*1H/q;+1;;/p-1/b7-5+;;;. The van der Waals surface area contributed by atoms with Gasteiger partial charge in [0.25, 0.3) is 0 Å². The predicted octanol–water partition coefficient (Wildman–Crippen LogP) is 6.25. The van der Waals surface area contributed by atoms with Crippen molar-refractivity contribution >= 4 is 53.7 Å². The second kappa shape index (κ2) is 18.8. The number of carboxylic acid groups (broad SMARTS) is 1. The maximum absolute atomic E-state index is 11.1. The Balaban J connectivity index is 0.000000210. The molecular weight excluding hydrogens is 776 g/mol. The van der Waals surface area contributed by atoms with E-state index in [-0.39, 0.29) is 36.1 Å². The summed E-state index contributed by atoms with van der Waals surface area (Å²) in [6.45, 7) is 4.85. The van der Waals surface area contributed by atoms with E-state index >= 15 is 0 Å². The summed E-state index contributed by atoms with van der Waals surface area (Å²) in [7, 11) is 0. The minimum atomic E-state index is -0.733. The number of hydrogen-bond donors (Lipinski definition) is 1. The quantitative estimate of drug-likeness (QED) is 0.145. The minimum absolute atomic E-state index is 0. The van der Waals surface area contributed by atoms with Gasteiger partial charge in [-0.2, -0.15) is 0 Å². The van der Waals surface area contributed by atoms with Crippen LogP contribution in [0.25, 0.3) is 34.9 Å². The van der Waals surface area contributed by atoms with Crippen molar-refractivity contribution in [3.05, 3.63) is 154 Å². The molecule has 8 nitrogen and oxygen atoms in total. The van der Waals surface area contributed by atoms with Crippen LogP contribution in [0.15, 0.2) is 127 Å². The monoisotopic (exact) mass is 815 g/mol. The van der Waals surface area contributed by atoms with Crippen molar-refractivity contribution in [3.8, 4) is 28.5 Å². The van der Waals surface area contributed by atoms with Gasteiger partial charge in [0.15, 0.2) is 5.69 Å². The highest BCUT2D eigenvalue weighted by Crippen LogP contribution is 2.46. The Kier molecular flexibility index (Phi) is 14.1. The highest BCUT2D eigenvalue weighted by Gasteiger charge is 2.43. The molecule has 1 spiro atoms. The van der Waals surface area contributed by atoms with E-state index in [1.165, 1.54) is 5.56 Å². The van der Waals surface area contributed by atoms with E-state index in [9.17, 15) is 4.79 Å². The SMILES string of the molecule is CC(CN1CCC2(CC1)COc1cc(/C=C/c3c(Cl)cccc3Cl)ccc12)C(=O)O.Cl.[Cl-].c1ccc(-c2nn(-c3ccccc3)[n+](-c3ccccc3)n2)cc1. The summed E-state index contributed by atoms with van der Waals surface area (Å²) in [5.41, 5.74) is 6.06. The third kappa shape index (κ3) is 9.58. The number of piperidine rings is 1. The summed E-state index contributed by atoms with van der Waals surface area (Å²) in [4.78, 5) is 17.0. The Hall–Kier alpha value is -4.70.